The van der Waals surface area contributed by atoms with Crippen molar-refractivity contribution in [1.82, 2.24) is 19.8 Å². The lowest BCUT2D eigenvalue weighted by Crippen LogP contribution is -2.40. The van der Waals surface area contributed by atoms with Crippen LogP contribution in [0.1, 0.15) is 25.6 Å². The van der Waals surface area contributed by atoms with Crippen LogP contribution in [-0.2, 0) is 6.54 Å². The molecule has 4 nitrogen and oxygen atoms in total. The Morgan fingerprint density at radius 1 is 1.53 bits per heavy atom. The van der Waals surface area contributed by atoms with Gasteiger partial charge in [0.2, 0.25) is 0 Å². The Balaban J connectivity index is 2.06. The van der Waals surface area contributed by atoms with Crippen LogP contribution >= 0.6 is 0 Å². The molecule has 0 aliphatic carbocycles. The Hall–Kier alpha value is -0.870. The molecule has 1 aliphatic rings. The molecule has 1 N–H and O–H groups in total. The van der Waals surface area contributed by atoms with Crippen LogP contribution in [0.25, 0.3) is 0 Å². The zero-order valence-corrected chi connectivity index (χ0v) is 9.61. The molecule has 4 heteroatoms. The zero-order chi connectivity index (χ0) is 10.7. The minimum Gasteiger partial charge on any atom is -0.328 e. The lowest BCUT2D eigenvalue weighted by atomic mass is 10.2. The van der Waals surface area contributed by atoms with E-state index in [9.17, 15) is 0 Å². The van der Waals surface area contributed by atoms with E-state index >= 15 is 0 Å². The van der Waals surface area contributed by atoms with Crippen molar-refractivity contribution in [3.63, 3.8) is 0 Å². The summed E-state index contributed by atoms with van der Waals surface area (Å²) >= 11 is 0. The van der Waals surface area contributed by atoms with Crippen LogP contribution in [-0.4, -0.2) is 40.6 Å². The van der Waals surface area contributed by atoms with Gasteiger partial charge in [-0.1, -0.05) is 13.8 Å². The molecule has 0 amide bonds. The second kappa shape index (κ2) is 4.77. The van der Waals surface area contributed by atoms with E-state index in [1.807, 2.05) is 12.5 Å². The van der Waals surface area contributed by atoms with Crippen LogP contribution in [0.2, 0.25) is 0 Å². The van der Waals surface area contributed by atoms with Gasteiger partial charge in [0.25, 0.3) is 0 Å². The standard InChI is InChI=1S/C11H20N4/c1-3-14(4-2)8-11-7-12-5-10-6-13-9-15(10)11/h6,9,11-12H,3-5,7-8H2,1-2H3/t11-/m0/s1. The number of nitrogens with one attached hydrogen (secondary N) is 1. The predicted molar refractivity (Wildman–Crippen MR) is 60.8 cm³/mol. The van der Waals surface area contributed by atoms with Gasteiger partial charge < -0.3 is 14.8 Å². The second-order valence-electron chi connectivity index (χ2n) is 4.06. The Kier molecular flexibility index (Phi) is 3.38. The van der Waals surface area contributed by atoms with Gasteiger partial charge in [-0.15, -0.1) is 0 Å². The SMILES string of the molecule is CCN(CC)C[C@@H]1CNCc2cncn21. The molecule has 0 radical (unpaired) electrons. The van der Waals surface area contributed by atoms with Crippen LogP contribution in [0, 0.1) is 0 Å². The highest BCUT2D eigenvalue weighted by Gasteiger charge is 2.20. The van der Waals surface area contributed by atoms with Gasteiger partial charge in [0.15, 0.2) is 0 Å². The molecule has 2 heterocycles. The molecule has 2 rings (SSSR count). The maximum absolute atomic E-state index is 4.22. The third-order valence-corrected chi connectivity index (χ3v) is 3.19. The van der Waals surface area contributed by atoms with Crippen molar-refractivity contribution in [3.8, 4) is 0 Å². The fraction of sp³-hybridized carbons (Fsp3) is 0.727. The normalized spacial score (nSPS) is 20.6. The highest BCUT2D eigenvalue weighted by Crippen LogP contribution is 2.15. The van der Waals surface area contributed by atoms with Gasteiger partial charge in [0, 0.05) is 25.8 Å². The quantitative estimate of drug-likeness (QED) is 0.797. The van der Waals surface area contributed by atoms with E-state index in [0.717, 1.165) is 32.7 Å². The largest absolute Gasteiger partial charge is 0.328 e. The lowest BCUT2D eigenvalue weighted by Gasteiger charge is -2.30. The van der Waals surface area contributed by atoms with Gasteiger partial charge in [-0.2, -0.15) is 0 Å². The fourth-order valence-corrected chi connectivity index (χ4v) is 2.20. The van der Waals surface area contributed by atoms with Gasteiger partial charge in [-0.05, 0) is 13.1 Å². The number of hydrogen-bond donors (Lipinski definition) is 1. The first kappa shape index (κ1) is 10.6. The van der Waals surface area contributed by atoms with Crippen molar-refractivity contribution in [3.05, 3.63) is 18.2 Å². The average Bonchev–Trinajstić information content (AvgIpc) is 2.74. The molecule has 0 unspecified atom stereocenters. The Morgan fingerprint density at radius 2 is 2.33 bits per heavy atom. The molecule has 0 aromatic carbocycles. The summed E-state index contributed by atoms with van der Waals surface area (Å²) in [5.74, 6) is 0. The Labute approximate surface area is 91.3 Å². The topological polar surface area (TPSA) is 33.1 Å². The van der Waals surface area contributed by atoms with Crippen molar-refractivity contribution in [1.29, 1.82) is 0 Å². The van der Waals surface area contributed by atoms with Gasteiger partial charge in [0.05, 0.1) is 18.1 Å². The van der Waals surface area contributed by atoms with E-state index < -0.39 is 0 Å². The van der Waals surface area contributed by atoms with Crippen molar-refractivity contribution in [2.75, 3.05) is 26.2 Å². The molecule has 0 saturated carbocycles. The molecule has 0 bridgehead atoms. The number of nitrogens with zero attached hydrogens (tertiary/aromatic N) is 3. The van der Waals surface area contributed by atoms with Gasteiger partial charge >= 0.3 is 0 Å². The molecule has 1 aromatic heterocycles. The molecule has 0 fully saturated rings. The van der Waals surface area contributed by atoms with Crippen molar-refractivity contribution in [2.45, 2.75) is 26.4 Å². The summed E-state index contributed by atoms with van der Waals surface area (Å²) in [4.78, 5) is 6.68. The first-order valence-corrected chi connectivity index (χ1v) is 5.79. The highest BCUT2D eigenvalue weighted by molar-refractivity contribution is 5.03. The van der Waals surface area contributed by atoms with Crippen molar-refractivity contribution in [2.24, 2.45) is 0 Å². The minimum absolute atomic E-state index is 0.538. The number of hydrogen-bond acceptors (Lipinski definition) is 3. The van der Waals surface area contributed by atoms with Crippen LogP contribution in [0.5, 0.6) is 0 Å². The van der Waals surface area contributed by atoms with Crippen LogP contribution < -0.4 is 5.32 Å². The van der Waals surface area contributed by atoms with Crippen molar-refractivity contribution < 1.29 is 0 Å². The van der Waals surface area contributed by atoms with Crippen LogP contribution in [0.15, 0.2) is 12.5 Å². The highest BCUT2D eigenvalue weighted by atomic mass is 15.2. The minimum atomic E-state index is 0.538. The summed E-state index contributed by atoms with van der Waals surface area (Å²) in [6.07, 6.45) is 3.92. The van der Waals surface area contributed by atoms with Gasteiger partial charge in [-0.25, -0.2) is 4.98 Å². The summed E-state index contributed by atoms with van der Waals surface area (Å²) in [6, 6.07) is 0.538. The number of rotatable bonds is 4. The summed E-state index contributed by atoms with van der Waals surface area (Å²) in [6.45, 7) is 9.80. The summed E-state index contributed by atoms with van der Waals surface area (Å²) < 4.78 is 2.31. The Bertz CT molecular complexity index is 303. The molecule has 1 aromatic rings. The first-order chi connectivity index (χ1) is 7.35. The maximum Gasteiger partial charge on any atom is 0.0952 e. The predicted octanol–water partition coefficient (Wildman–Crippen LogP) is 0.869. The van der Waals surface area contributed by atoms with E-state index in [-0.39, 0.29) is 0 Å². The molecular formula is C11H20N4. The van der Waals surface area contributed by atoms with E-state index in [1.54, 1.807) is 0 Å². The monoisotopic (exact) mass is 208 g/mol. The number of likely N-dealkylation sites (N-methyl/N-ethyl adjacent to an activating group) is 1. The molecule has 0 saturated heterocycles. The van der Waals surface area contributed by atoms with Crippen LogP contribution in [0.4, 0.5) is 0 Å². The zero-order valence-electron chi connectivity index (χ0n) is 9.61. The smallest absolute Gasteiger partial charge is 0.0952 e. The maximum atomic E-state index is 4.22. The van der Waals surface area contributed by atoms with E-state index in [1.165, 1.54) is 5.69 Å². The molecule has 1 atom stereocenters. The first-order valence-electron chi connectivity index (χ1n) is 5.79. The van der Waals surface area contributed by atoms with Crippen molar-refractivity contribution >= 4 is 0 Å². The summed E-state index contributed by atoms with van der Waals surface area (Å²) in [5, 5.41) is 3.44. The second-order valence-corrected chi connectivity index (χ2v) is 4.06. The average molecular weight is 208 g/mol. The third-order valence-electron chi connectivity index (χ3n) is 3.19. The Morgan fingerprint density at radius 3 is 3.07 bits per heavy atom. The van der Waals surface area contributed by atoms with E-state index in [2.05, 4.69) is 33.6 Å². The third kappa shape index (κ3) is 2.21. The molecule has 1 aliphatic heterocycles. The van der Waals surface area contributed by atoms with Gasteiger partial charge in [-0.3, -0.25) is 0 Å². The number of imidazole rings is 1. The fourth-order valence-electron chi connectivity index (χ4n) is 2.20. The lowest BCUT2D eigenvalue weighted by molar-refractivity contribution is 0.236. The molecular weight excluding hydrogens is 188 g/mol. The molecule has 0 spiro atoms. The van der Waals surface area contributed by atoms with E-state index in [4.69, 9.17) is 0 Å². The summed E-state index contributed by atoms with van der Waals surface area (Å²) in [7, 11) is 0. The number of fused-ring (bicyclic) bond motifs is 1. The summed E-state index contributed by atoms with van der Waals surface area (Å²) in [5.41, 5.74) is 1.30. The van der Waals surface area contributed by atoms with Crippen LogP contribution in [0.3, 0.4) is 0 Å². The number of aromatic nitrogens is 2. The van der Waals surface area contributed by atoms with Gasteiger partial charge in [0.1, 0.15) is 0 Å². The van der Waals surface area contributed by atoms with E-state index in [0.29, 0.717) is 6.04 Å². The molecule has 84 valence electrons. The molecule has 15 heavy (non-hydrogen) atoms.